The Bertz CT molecular complexity index is 825. The Morgan fingerprint density at radius 3 is 2.54 bits per heavy atom. The predicted molar refractivity (Wildman–Crippen MR) is 115 cm³/mol. The molecule has 28 heavy (non-hydrogen) atoms. The predicted octanol–water partition coefficient (Wildman–Crippen LogP) is 4.33. The minimum atomic E-state index is 0.0887. The van der Waals surface area contributed by atoms with Gasteiger partial charge in [-0.05, 0) is 43.8 Å². The maximum atomic E-state index is 12.9. The summed E-state index contributed by atoms with van der Waals surface area (Å²) in [5.74, 6) is 1.37. The molecular formula is C24H30N2O2. The highest BCUT2D eigenvalue weighted by Crippen LogP contribution is 2.30. The molecule has 1 unspecified atom stereocenters. The second-order valence-electron chi connectivity index (χ2n) is 7.85. The fraction of sp³-hybridized carbons (Fsp3) is 0.375. The lowest BCUT2D eigenvalue weighted by Crippen LogP contribution is -2.38. The molecule has 0 aliphatic carbocycles. The minimum absolute atomic E-state index is 0.0887. The smallest absolute Gasteiger partial charge is 0.254 e. The summed E-state index contributed by atoms with van der Waals surface area (Å²) in [6.07, 6.45) is 4.22. The fourth-order valence-corrected chi connectivity index (χ4v) is 3.47. The molecule has 1 atom stereocenters. The first kappa shape index (κ1) is 20.2. The Labute approximate surface area is 168 Å². The number of likely N-dealkylation sites (N-methyl/N-ethyl adjacent to an activating group) is 1. The first-order valence-corrected chi connectivity index (χ1v) is 9.92. The van der Waals surface area contributed by atoms with Crippen molar-refractivity contribution in [2.75, 3.05) is 33.8 Å². The normalized spacial score (nSPS) is 16.2. The van der Waals surface area contributed by atoms with Crippen molar-refractivity contribution in [2.24, 2.45) is 5.92 Å². The molecule has 0 fully saturated rings. The van der Waals surface area contributed by atoms with E-state index in [0.29, 0.717) is 19.1 Å². The van der Waals surface area contributed by atoms with Gasteiger partial charge in [-0.2, -0.15) is 0 Å². The van der Waals surface area contributed by atoms with Crippen LogP contribution in [0.25, 0.3) is 11.1 Å². The molecule has 1 aliphatic heterocycles. The summed E-state index contributed by atoms with van der Waals surface area (Å²) in [6.45, 7) is 6.49. The molecule has 0 spiro atoms. The van der Waals surface area contributed by atoms with Gasteiger partial charge in [-0.25, -0.2) is 0 Å². The van der Waals surface area contributed by atoms with Crippen LogP contribution in [0, 0.1) is 5.92 Å². The zero-order valence-corrected chi connectivity index (χ0v) is 17.3. The van der Waals surface area contributed by atoms with Gasteiger partial charge in [0.05, 0.1) is 6.04 Å². The number of hydrogen-bond donors (Lipinski definition) is 0. The highest BCUT2D eigenvalue weighted by Gasteiger charge is 2.27. The molecule has 0 saturated heterocycles. The molecule has 0 aromatic heterocycles. The van der Waals surface area contributed by atoms with Crippen LogP contribution in [-0.2, 0) is 0 Å². The Hall–Kier alpha value is -2.59. The van der Waals surface area contributed by atoms with Gasteiger partial charge in [0.2, 0.25) is 0 Å². The van der Waals surface area contributed by atoms with Crippen LogP contribution in [0.4, 0.5) is 0 Å². The molecule has 0 N–H and O–H groups in total. The molecule has 0 bridgehead atoms. The van der Waals surface area contributed by atoms with Gasteiger partial charge in [-0.15, -0.1) is 0 Å². The third kappa shape index (κ3) is 4.63. The SMILES string of the molecule is CC(C)C1C=CCN1C(=O)c1ccc(-c2ccccc2OCCN(C)C)cc1. The Kier molecular flexibility index (Phi) is 6.53. The van der Waals surface area contributed by atoms with Crippen LogP contribution in [0.1, 0.15) is 24.2 Å². The van der Waals surface area contributed by atoms with E-state index in [9.17, 15) is 4.79 Å². The van der Waals surface area contributed by atoms with Crippen LogP contribution in [0.15, 0.2) is 60.7 Å². The molecule has 148 valence electrons. The topological polar surface area (TPSA) is 32.8 Å². The van der Waals surface area contributed by atoms with E-state index >= 15 is 0 Å². The van der Waals surface area contributed by atoms with E-state index in [1.807, 2.05) is 61.5 Å². The lowest BCUT2D eigenvalue weighted by Gasteiger charge is -2.27. The number of ether oxygens (including phenoxy) is 1. The third-order valence-corrected chi connectivity index (χ3v) is 5.07. The number of amides is 1. The number of para-hydroxylation sites is 1. The molecule has 3 rings (SSSR count). The first-order valence-electron chi connectivity index (χ1n) is 9.92. The summed E-state index contributed by atoms with van der Waals surface area (Å²) in [7, 11) is 4.06. The van der Waals surface area contributed by atoms with E-state index in [1.165, 1.54) is 0 Å². The van der Waals surface area contributed by atoms with Crippen LogP contribution in [-0.4, -0.2) is 55.5 Å². The Morgan fingerprint density at radius 2 is 1.86 bits per heavy atom. The number of nitrogens with zero attached hydrogens (tertiary/aromatic N) is 2. The van der Waals surface area contributed by atoms with E-state index in [0.717, 1.165) is 29.0 Å². The van der Waals surface area contributed by atoms with Gasteiger partial charge < -0.3 is 14.5 Å². The number of rotatable bonds is 7. The van der Waals surface area contributed by atoms with Crippen molar-refractivity contribution in [1.29, 1.82) is 0 Å². The second-order valence-corrected chi connectivity index (χ2v) is 7.85. The van der Waals surface area contributed by atoms with Crippen LogP contribution in [0.3, 0.4) is 0 Å². The highest BCUT2D eigenvalue weighted by atomic mass is 16.5. The Balaban J connectivity index is 1.75. The maximum Gasteiger partial charge on any atom is 0.254 e. The third-order valence-electron chi connectivity index (χ3n) is 5.07. The molecule has 2 aromatic rings. The van der Waals surface area contributed by atoms with Crippen molar-refractivity contribution >= 4 is 5.91 Å². The number of carbonyl (C=O) groups is 1. The number of carbonyl (C=O) groups excluding carboxylic acids is 1. The minimum Gasteiger partial charge on any atom is -0.492 e. The van der Waals surface area contributed by atoms with Gasteiger partial charge >= 0.3 is 0 Å². The average molecular weight is 379 g/mol. The molecule has 2 aromatic carbocycles. The van der Waals surface area contributed by atoms with E-state index in [-0.39, 0.29) is 11.9 Å². The second kappa shape index (κ2) is 9.07. The molecule has 0 radical (unpaired) electrons. The van der Waals surface area contributed by atoms with E-state index in [2.05, 4.69) is 37.0 Å². The van der Waals surface area contributed by atoms with Crippen LogP contribution in [0.5, 0.6) is 5.75 Å². The highest BCUT2D eigenvalue weighted by molar-refractivity contribution is 5.95. The lowest BCUT2D eigenvalue weighted by molar-refractivity contribution is 0.0720. The summed E-state index contributed by atoms with van der Waals surface area (Å²) < 4.78 is 5.98. The molecule has 0 saturated carbocycles. The molecule has 4 heteroatoms. The zero-order valence-electron chi connectivity index (χ0n) is 17.3. The standard InChI is InChI=1S/C24H30N2O2/c1-18(2)22-9-7-15-26(22)24(27)20-13-11-19(12-14-20)21-8-5-6-10-23(21)28-17-16-25(3)4/h5-14,18,22H,15-17H2,1-4H3. The van der Waals surface area contributed by atoms with Crippen molar-refractivity contribution in [1.82, 2.24) is 9.80 Å². The van der Waals surface area contributed by atoms with Crippen LogP contribution >= 0.6 is 0 Å². The monoisotopic (exact) mass is 378 g/mol. The van der Waals surface area contributed by atoms with Crippen molar-refractivity contribution in [3.05, 3.63) is 66.2 Å². The maximum absolute atomic E-state index is 12.9. The molecule has 1 heterocycles. The van der Waals surface area contributed by atoms with E-state index < -0.39 is 0 Å². The average Bonchev–Trinajstić information content (AvgIpc) is 3.18. The van der Waals surface area contributed by atoms with Crippen molar-refractivity contribution in [2.45, 2.75) is 19.9 Å². The van der Waals surface area contributed by atoms with Crippen molar-refractivity contribution in [3.8, 4) is 16.9 Å². The quantitative estimate of drug-likeness (QED) is 0.672. The van der Waals surface area contributed by atoms with Crippen molar-refractivity contribution in [3.63, 3.8) is 0 Å². The number of hydrogen-bond acceptors (Lipinski definition) is 3. The molecule has 1 aliphatic rings. The van der Waals surface area contributed by atoms with Gasteiger partial charge in [0.1, 0.15) is 12.4 Å². The molecule has 4 nitrogen and oxygen atoms in total. The van der Waals surface area contributed by atoms with Crippen molar-refractivity contribution < 1.29 is 9.53 Å². The van der Waals surface area contributed by atoms with Crippen LogP contribution in [0.2, 0.25) is 0 Å². The fourth-order valence-electron chi connectivity index (χ4n) is 3.47. The lowest BCUT2D eigenvalue weighted by atomic mass is 10.0. The number of benzene rings is 2. The van der Waals surface area contributed by atoms with Crippen LogP contribution < -0.4 is 4.74 Å². The zero-order chi connectivity index (χ0) is 20.1. The summed E-state index contributed by atoms with van der Waals surface area (Å²) in [5, 5.41) is 0. The largest absolute Gasteiger partial charge is 0.492 e. The van der Waals surface area contributed by atoms with Gasteiger partial charge in [-0.1, -0.05) is 56.3 Å². The summed E-state index contributed by atoms with van der Waals surface area (Å²) >= 11 is 0. The van der Waals surface area contributed by atoms with Gasteiger partial charge in [0, 0.05) is 24.2 Å². The summed E-state index contributed by atoms with van der Waals surface area (Å²) in [5.41, 5.74) is 2.82. The van der Waals surface area contributed by atoms with Gasteiger partial charge in [0.25, 0.3) is 5.91 Å². The molecular weight excluding hydrogens is 348 g/mol. The summed E-state index contributed by atoms with van der Waals surface area (Å²) in [4.78, 5) is 17.0. The first-order chi connectivity index (χ1) is 13.5. The molecule has 1 amide bonds. The van der Waals surface area contributed by atoms with E-state index in [1.54, 1.807) is 0 Å². The van der Waals surface area contributed by atoms with E-state index in [4.69, 9.17) is 4.74 Å². The van der Waals surface area contributed by atoms with Gasteiger partial charge in [-0.3, -0.25) is 4.79 Å². The summed E-state index contributed by atoms with van der Waals surface area (Å²) in [6, 6.07) is 16.1. The van der Waals surface area contributed by atoms with Gasteiger partial charge in [0.15, 0.2) is 0 Å². The Morgan fingerprint density at radius 1 is 1.14 bits per heavy atom.